The Morgan fingerprint density at radius 1 is 1.00 bits per heavy atom. The van der Waals surface area contributed by atoms with Crippen molar-refractivity contribution in [1.82, 2.24) is 0 Å². The number of carbonyl (C=O) groups is 2. The maximum atomic E-state index is 12.6. The molecule has 0 aromatic heterocycles. The summed E-state index contributed by atoms with van der Waals surface area (Å²) in [6.45, 7) is 3.74. The third-order valence-electron chi connectivity index (χ3n) is 4.89. The van der Waals surface area contributed by atoms with Gasteiger partial charge in [-0.3, -0.25) is 9.59 Å². The minimum absolute atomic E-state index is 0.112. The van der Waals surface area contributed by atoms with E-state index in [9.17, 15) is 14.7 Å². The van der Waals surface area contributed by atoms with Crippen LogP contribution in [0.1, 0.15) is 36.1 Å². The zero-order valence-electron chi connectivity index (χ0n) is 15.1. The lowest BCUT2D eigenvalue weighted by Gasteiger charge is -2.23. The summed E-state index contributed by atoms with van der Waals surface area (Å²) < 4.78 is 10.4. The van der Waals surface area contributed by atoms with Gasteiger partial charge >= 0.3 is 11.9 Å². The molecule has 1 fully saturated rings. The van der Waals surface area contributed by atoms with Crippen LogP contribution in [0.25, 0.3) is 0 Å². The number of aliphatic hydroxyl groups excluding tert-OH is 1. The van der Waals surface area contributed by atoms with Crippen LogP contribution in [-0.2, 0) is 38.5 Å². The van der Waals surface area contributed by atoms with E-state index in [1.54, 1.807) is 13.8 Å². The van der Waals surface area contributed by atoms with Crippen molar-refractivity contribution in [2.24, 2.45) is 5.41 Å². The molecule has 0 saturated heterocycles. The lowest BCUT2D eigenvalue weighted by Crippen LogP contribution is -2.43. The average Bonchev–Trinajstić information content (AvgIpc) is 3.28. The molecule has 0 atom stereocenters. The Morgan fingerprint density at radius 3 is 2.04 bits per heavy atom. The van der Waals surface area contributed by atoms with Gasteiger partial charge < -0.3 is 14.6 Å². The smallest absolute Gasteiger partial charge is 0.324 e. The predicted octanol–water partition coefficient (Wildman–Crippen LogP) is 2.14. The van der Waals surface area contributed by atoms with Crippen molar-refractivity contribution < 1.29 is 24.2 Å². The maximum absolute atomic E-state index is 12.6. The Kier molecular flexibility index (Phi) is 5.66. The van der Waals surface area contributed by atoms with Crippen molar-refractivity contribution in [3.05, 3.63) is 66.0 Å². The Bertz CT molecular complexity index is 670. The van der Waals surface area contributed by atoms with Gasteiger partial charge in [-0.2, -0.15) is 0 Å². The molecule has 0 aliphatic heterocycles. The molecule has 5 nitrogen and oxygen atoms in total. The lowest BCUT2D eigenvalue weighted by atomic mass is 9.84. The largest absolute Gasteiger partial charge is 0.465 e. The van der Waals surface area contributed by atoms with Crippen LogP contribution in [0.15, 0.2) is 12.1 Å². The van der Waals surface area contributed by atoms with Crippen LogP contribution in [-0.4, -0.2) is 30.3 Å². The second kappa shape index (κ2) is 7.78. The number of esters is 2. The van der Waals surface area contributed by atoms with Gasteiger partial charge in [-0.1, -0.05) is 12.1 Å². The number of fused-ring (bicyclic) bond motifs is 1. The Balaban J connectivity index is 1.98. The van der Waals surface area contributed by atoms with Gasteiger partial charge in [0, 0.05) is 5.92 Å². The van der Waals surface area contributed by atoms with Gasteiger partial charge in [-0.25, -0.2) is 0 Å². The molecule has 0 bridgehead atoms. The highest BCUT2D eigenvalue weighted by molar-refractivity contribution is 6.01. The minimum atomic E-state index is -1.34. The summed E-state index contributed by atoms with van der Waals surface area (Å²) in [6, 6.07) is 3.86. The van der Waals surface area contributed by atoms with E-state index >= 15 is 0 Å². The number of carbonyl (C=O) groups excluding carboxylic acids is 2. The van der Waals surface area contributed by atoms with Crippen LogP contribution in [0.4, 0.5) is 0 Å². The first-order chi connectivity index (χ1) is 12.6. The molecule has 137 valence electrons. The van der Waals surface area contributed by atoms with Gasteiger partial charge in [-0.15, -0.1) is 0 Å². The van der Waals surface area contributed by atoms with Crippen LogP contribution < -0.4 is 0 Å². The number of hydrogen-bond acceptors (Lipinski definition) is 5. The predicted molar refractivity (Wildman–Crippen MR) is 95.0 cm³/mol. The van der Waals surface area contributed by atoms with Crippen molar-refractivity contribution in [2.75, 3.05) is 13.2 Å². The lowest BCUT2D eigenvalue weighted by molar-refractivity contribution is -0.171. The molecular formula is C21H23O5. The van der Waals surface area contributed by atoms with E-state index in [1.807, 2.05) is 37.8 Å². The highest BCUT2D eigenvalue weighted by atomic mass is 16.6. The zero-order valence-corrected chi connectivity index (χ0v) is 15.1. The standard InChI is InChI=1S/C21H23O5/c1-3-25-19(23)21(20(24)26-4-2)11-15-9-17(13-22)18(10-16(15)12-21)14-7-5-6-8-14/h5-10,22H,3-4,11-13H2,1-2H3. The SMILES string of the molecule is CCOC(=O)C1(C(=O)OCC)Cc2cc(CO)c([C]3[CH][CH][CH][CH]3)cc2C1. The molecule has 1 aromatic rings. The topological polar surface area (TPSA) is 72.8 Å². The molecule has 3 rings (SSSR count). The van der Waals surface area contributed by atoms with Crippen molar-refractivity contribution in [3.8, 4) is 0 Å². The third-order valence-corrected chi connectivity index (χ3v) is 4.89. The summed E-state index contributed by atoms with van der Waals surface area (Å²) in [5.74, 6) is -0.0910. The number of hydrogen-bond donors (Lipinski definition) is 1. The normalized spacial score (nSPS) is 18.6. The fraction of sp³-hybridized carbons (Fsp3) is 0.381. The van der Waals surface area contributed by atoms with Gasteiger partial charge in [0.25, 0.3) is 0 Å². The number of ether oxygens (including phenoxy) is 2. The summed E-state index contributed by atoms with van der Waals surface area (Å²) in [6.07, 6.45) is 8.30. The molecule has 26 heavy (non-hydrogen) atoms. The van der Waals surface area contributed by atoms with Crippen LogP contribution in [0.2, 0.25) is 0 Å². The molecule has 0 heterocycles. The van der Waals surface area contributed by atoms with Crippen molar-refractivity contribution in [1.29, 1.82) is 0 Å². The number of rotatable bonds is 6. The minimum Gasteiger partial charge on any atom is -0.465 e. The Morgan fingerprint density at radius 2 is 1.54 bits per heavy atom. The molecule has 0 unspecified atom stereocenters. The molecule has 5 heteroatoms. The van der Waals surface area contributed by atoms with Gasteiger partial charge in [0.15, 0.2) is 5.41 Å². The van der Waals surface area contributed by atoms with E-state index in [0.717, 1.165) is 28.2 Å². The summed E-state index contributed by atoms with van der Waals surface area (Å²) >= 11 is 0. The van der Waals surface area contributed by atoms with Crippen LogP contribution in [0.5, 0.6) is 0 Å². The maximum Gasteiger partial charge on any atom is 0.324 e. The summed E-state index contributed by atoms with van der Waals surface area (Å²) in [5, 5.41) is 9.78. The van der Waals surface area contributed by atoms with Crippen molar-refractivity contribution in [2.45, 2.75) is 33.3 Å². The first kappa shape index (κ1) is 18.9. The molecule has 2 aliphatic rings. The highest BCUT2D eigenvalue weighted by Gasteiger charge is 2.53. The van der Waals surface area contributed by atoms with E-state index in [2.05, 4.69) is 0 Å². The monoisotopic (exact) mass is 355 g/mol. The molecule has 1 saturated carbocycles. The molecule has 0 amide bonds. The summed E-state index contributed by atoms with van der Waals surface area (Å²) in [4.78, 5) is 25.3. The molecular weight excluding hydrogens is 332 g/mol. The number of benzene rings is 1. The Labute approximate surface area is 154 Å². The van der Waals surface area contributed by atoms with Crippen LogP contribution >= 0.6 is 0 Å². The van der Waals surface area contributed by atoms with Gasteiger partial charge in [0.2, 0.25) is 0 Å². The first-order valence-corrected chi connectivity index (χ1v) is 8.87. The molecule has 0 spiro atoms. The quantitative estimate of drug-likeness (QED) is 0.625. The first-order valence-electron chi connectivity index (χ1n) is 8.87. The summed E-state index contributed by atoms with van der Waals surface area (Å²) in [7, 11) is 0. The van der Waals surface area contributed by atoms with Crippen LogP contribution in [0.3, 0.4) is 0 Å². The van der Waals surface area contributed by atoms with Gasteiger partial charge in [0.1, 0.15) is 0 Å². The zero-order chi connectivity index (χ0) is 18.7. The Hall–Kier alpha value is -1.88. The molecule has 1 aromatic carbocycles. The van der Waals surface area contributed by atoms with E-state index in [-0.39, 0.29) is 32.7 Å². The van der Waals surface area contributed by atoms with E-state index < -0.39 is 17.4 Å². The molecule has 1 N–H and O–H groups in total. The fourth-order valence-electron chi connectivity index (χ4n) is 3.65. The molecule has 5 radical (unpaired) electrons. The average molecular weight is 355 g/mol. The van der Waals surface area contributed by atoms with E-state index in [4.69, 9.17) is 9.47 Å². The van der Waals surface area contributed by atoms with Crippen LogP contribution in [0, 0.1) is 37.0 Å². The van der Waals surface area contributed by atoms with Gasteiger partial charge in [-0.05, 0) is 74.6 Å². The second-order valence-corrected chi connectivity index (χ2v) is 6.49. The molecule has 2 aliphatic carbocycles. The van der Waals surface area contributed by atoms with Gasteiger partial charge in [0.05, 0.1) is 19.8 Å². The van der Waals surface area contributed by atoms with E-state index in [0.29, 0.717) is 0 Å². The van der Waals surface area contributed by atoms with Crippen molar-refractivity contribution in [3.63, 3.8) is 0 Å². The second-order valence-electron chi connectivity index (χ2n) is 6.49. The van der Waals surface area contributed by atoms with Crippen molar-refractivity contribution >= 4 is 11.9 Å². The third kappa shape index (κ3) is 3.25. The highest BCUT2D eigenvalue weighted by Crippen LogP contribution is 2.43. The number of aliphatic hydroxyl groups is 1. The van der Waals surface area contributed by atoms with E-state index in [1.165, 1.54) is 0 Å². The summed E-state index contributed by atoms with van der Waals surface area (Å²) in [5.41, 5.74) is 2.15. The fourth-order valence-corrected chi connectivity index (χ4v) is 3.65.